The van der Waals surface area contributed by atoms with Crippen LogP contribution in [0.5, 0.6) is 0 Å². The monoisotopic (exact) mass is 213 g/mol. The summed E-state index contributed by atoms with van der Waals surface area (Å²) in [5, 5.41) is 9.73. The van der Waals surface area contributed by atoms with Gasteiger partial charge in [0.15, 0.2) is 0 Å². The van der Waals surface area contributed by atoms with Crippen LogP contribution >= 0.6 is 0 Å². The number of rotatable bonds is 3. The van der Waals surface area contributed by atoms with Gasteiger partial charge in [0.05, 0.1) is 0 Å². The van der Waals surface area contributed by atoms with Crippen LogP contribution in [0.25, 0.3) is 0 Å². The third kappa shape index (κ3) is 3.20. The molecule has 1 amide bonds. The first-order valence-corrected chi connectivity index (χ1v) is 6.00. The molecular weight excluding hydrogens is 190 g/mol. The molecule has 0 aliphatic carbocycles. The molecule has 3 nitrogen and oxygen atoms in total. The van der Waals surface area contributed by atoms with Crippen molar-refractivity contribution >= 4 is 5.91 Å². The maximum atomic E-state index is 12.0. The summed E-state index contributed by atoms with van der Waals surface area (Å²) < 4.78 is 0. The molecule has 3 heteroatoms. The molecule has 1 saturated heterocycles. The van der Waals surface area contributed by atoms with E-state index in [0.29, 0.717) is 6.04 Å². The molecule has 1 unspecified atom stereocenters. The van der Waals surface area contributed by atoms with Crippen molar-refractivity contribution < 1.29 is 9.90 Å². The highest BCUT2D eigenvalue weighted by Gasteiger charge is 2.34. The molecule has 0 saturated carbocycles. The topological polar surface area (TPSA) is 40.5 Å². The van der Waals surface area contributed by atoms with Gasteiger partial charge < -0.3 is 10.0 Å². The molecule has 1 rings (SSSR count). The van der Waals surface area contributed by atoms with Crippen molar-refractivity contribution in [3.05, 3.63) is 0 Å². The normalized spacial score (nSPS) is 22.9. The molecule has 15 heavy (non-hydrogen) atoms. The Hall–Kier alpha value is -0.570. The molecule has 0 aromatic rings. The van der Waals surface area contributed by atoms with Gasteiger partial charge >= 0.3 is 0 Å². The van der Waals surface area contributed by atoms with Crippen LogP contribution in [-0.4, -0.2) is 34.1 Å². The number of amides is 1. The summed E-state index contributed by atoms with van der Waals surface area (Å²) in [5.41, 5.74) is -1.22. The van der Waals surface area contributed by atoms with Crippen molar-refractivity contribution in [2.24, 2.45) is 0 Å². The van der Waals surface area contributed by atoms with Crippen LogP contribution in [0.1, 0.15) is 52.9 Å². The Balaban J connectivity index is 2.67. The molecule has 1 atom stereocenters. The number of aliphatic hydroxyl groups is 1. The second kappa shape index (κ2) is 4.97. The summed E-state index contributed by atoms with van der Waals surface area (Å²) in [5.74, 6) is -0.111. The Morgan fingerprint density at radius 3 is 2.67 bits per heavy atom. The Morgan fingerprint density at radius 2 is 2.13 bits per heavy atom. The summed E-state index contributed by atoms with van der Waals surface area (Å²) in [6, 6.07) is 0.350. The van der Waals surface area contributed by atoms with E-state index in [-0.39, 0.29) is 5.91 Å². The lowest BCUT2D eigenvalue weighted by molar-refractivity contribution is -0.151. The third-order valence-electron chi connectivity index (χ3n) is 3.03. The van der Waals surface area contributed by atoms with Gasteiger partial charge in [-0.05, 0) is 39.5 Å². The molecule has 0 bridgehead atoms. The van der Waals surface area contributed by atoms with E-state index >= 15 is 0 Å². The molecule has 0 spiro atoms. The number of piperidine rings is 1. The fourth-order valence-corrected chi connectivity index (χ4v) is 2.25. The van der Waals surface area contributed by atoms with Gasteiger partial charge in [-0.1, -0.05) is 13.3 Å². The fraction of sp³-hybridized carbons (Fsp3) is 0.917. The fourth-order valence-electron chi connectivity index (χ4n) is 2.25. The van der Waals surface area contributed by atoms with Gasteiger partial charge in [-0.15, -0.1) is 0 Å². The minimum absolute atomic E-state index is 0.111. The Kier molecular flexibility index (Phi) is 4.14. The molecule has 0 aromatic carbocycles. The van der Waals surface area contributed by atoms with E-state index in [2.05, 4.69) is 6.92 Å². The lowest BCUT2D eigenvalue weighted by atomic mass is 9.95. The smallest absolute Gasteiger partial charge is 0.254 e. The van der Waals surface area contributed by atoms with E-state index < -0.39 is 5.60 Å². The van der Waals surface area contributed by atoms with Crippen molar-refractivity contribution in [1.29, 1.82) is 0 Å². The first-order chi connectivity index (χ1) is 6.96. The second-order valence-electron chi connectivity index (χ2n) is 5.00. The quantitative estimate of drug-likeness (QED) is 0.778. The summed E-state index contributed by atoms with van der Waals surface area (Å²) in [6.45, 7) is 6.11. The molecule has 0 aromatic heterocycles. The maximum Gasteiger partial charge on any atom is 0.254 e. The van der Waals surface area contributed by atoms with Crippen LogP contribution in [0.15, 0.2) is 0 Å². The van der Waals surface area contributed by atoms with E-state index in [1.165, 1.54) is 6.42 Å². The molecular formula is C12H23NO2. The van der Waals surface area contributed by atoms with Crippen LogP contribution in [-0.2, 0) is 4.79 Å². The average Bonchev–Trinajstić information content (AvgIpc) is 2.17. The number of hydrogen-bond donors (Lipinski definition) is 1. The minimum Gasteiger partial charge on any atom is -0.381 e. The zero-order chi connectivity index (χ0) is 11.5. The molecule has 1 fully saturated rings. The highest BCUT2D eigenvalue weighted by Crippen LogP contribution is 2.23. The number of nitrogens with zero attached hydrogens (tertiary/aromatic N) is 1. The third-order valence-corrected chi connectivity index (χ3v) is 3.03. The van der Waals surface area contributed by atoms with Gasteiger partial charge in [-0.25, -0.2) is 0 Å². The van der Waals surface area contributed by atoms with Gasteiger partial charge in [-0.2, -0.15) is 0 Å². The summed E-state index contributed by atoms with van der Waals surface area (Å²) in [7, 11) is 0. The number of carbonyl (C=O) groups is 1. The van der Waals surface area contributed by atoms with Gasteiger partial charge in [0.25, 0.3) is 5.91 Å². The SMILES string of the molecule is CCCC1CCCCN1C(=O)C(C)(C)O. The summed E-state index contributed by atoms with van der Waals surface area (Å²) in [4.78, 5) is 13.9. The average molecular weight is 213 g/mol. The van der Waals surface area contributed by atoms with E-state index in [1.54, 1.807) is 13.8 Å². The van der Waals surface area contributed by atoms with Crippen LogP contribution in [0, 0.1) is 0 Å². The zero-order valence-electron chi connectivity index (χ0n) is 10.1. The first-order valence-electron chi connectivity index (χ1n) is 6.00. The molecule has 1 aliphatic heterocycles. The van der Waals surface area contributed by atoms with Gasteiger partial charge in [-0.3, -0.25) is 4.79 Å². The summed E-state index contributed by atoms with van der Waals surface area (Å²) in [6.07, 6.45) is 5.53. The minimum atomic E-state index is -1.22. The van der Waals surface area contributed by atoms with Gasteiger partial charge in [0.1, 0.15) is 5.60 Å². The van der Waals surface area contributed by atoms with Crippen molar-refractivity contribution in [3.63, 3.8) is 0 Å². The van der Waals surface area contributed by atoms with Gasteiger partial charge in [0, 0.05) is 12.6 Å². The number of carbonyl (C=O) groups excluding carboxylic acids is 1. The summed E-state index contributed by atoms with van der Waals surface area (Å²) >= 11 is 0. The van der Waals surface area contributed by atoms with Crippen molar-refractivity contribution in [1.82, 2.24) is 4.90 Å². The number of likely N-dealkylation sites (tertiary alicyclic amines) is 1. The maximum absolute atomic E-state index is 12.0. The van der Waals surface area contributed by atoms with E-state index in [9.17, 15) is 9.90 Å². The van der Waals surface area contributed by atoms with Crippen molar-refractivity contribution in [2.75, 3.05) is 6.54 Å². The lowest BCUT2D eigenvalue weighted by Crippen LogP contribution is -2.51. The van der Waals surface area contributed by atoms with Crippen LogP contribution in [0.4, 0.5) is 0 Å². The Labute approximate surface area is 92.5 Å². The molecule has 88 valence electrons. The van der Waals surface area contributed by atoms with Crippen LogP contribution < -0.4 is 0 Å². The van der Waals surface area contributed by atoms with Crippen LogP contribution in [0.2, 0.25) is 0 Å². The lowest BCUT2D eigenvalue weighted by Gasteiger charge is -2.38. The van der Waals surface area contributed by atoms with Crippen LogP contribution in [0.3, 0.4) is 0 Å². The first kappa shape index (κ1) is 12.5. The molecule has 1 aliphatic rings. The standard InChI is InChI=1S/C12H23NO2/c1-4-7-10-8-5-6-9-13(10)11(14)12(2,3)15/h10,15H,4-9H2,1-3H3. The van der Waals surface area contributed by atoms with Gasteiger partial charge in [0.2, 0.25) is 0 Å². The second-order valence-corrected chi connectivity index (χ2v) is 5.00. The highest BCUT2D eigenvalue weighted by molar-refractivity contribution is 5.84. The zero-order valence-corrected chi connectivity index (χ0v) is 10.1. The predicted octanol–water partition coefficient (Wildman–Crippen LogP) is 1.94. The number of hydrogen-bond acceptors (Lipinski definition) is 2. The molecule has 0 radical (unpaired) electrons. The van der Waals surface area contributed by atoms with E-state index in [0.717, 1.165) is 32.2 Å². The molecule has 1 N–H and O–H groups in total. The van der Waals surface area contributed by atoms with Crippen molar-refractivity contribution in [2.45, 2.75) is 64.5 Å². The Morgan fingerprint density at radius 1 is 1.47 bits per heavy atom. The molecule has 1 heterocycles. The highest BCUT2D eigenvalue weighted by atomic mass is 16.3. The predicted molar refractivity (Wildman–Crippen MR) is 60.6 cm³/mol. The van der Waals surface area contributed by atoms with E-state index in [1.807, 2.05) is 4.90 Å². The Bertz CT molecular complexity index is 218. The van der Waals surface area contributed by atoms with Crippen molar-refractivity contribution in [3.8, 4) is 0 Å². The van der Waals surface area contributed by atoms with E-state index in [4.69, 9.17) is 0 Å². The largest absolute Gasteiger partial charge is 0.381 e.